The smallest absolute Gasteiger partial charge is 0.270 e. The summed E-state index contributed by atoms with van der Waals surface area (Å²) in [6.45, 7) is 1.50. The largest absolute Gasteiger partial charge is 0.497 e. The highest BCUT2D eigenvalue weighted by Gasteiger charge is 2.30. The minimum atomic E-state index is -3.81. The molecule has 4 rings (SSSR count). The second-order valence-corrected chi connectivity index (χ2v) is 10.4. The van der Waals surface area contributed by atoms with Crippen molar-refractivity contribution in [3.63, 3.8) is 0 Å². The van der Waals surface area contributed by atoms with Crippen molar-refractivity contribution in [3.8, 4) is 11.5 Å². The first-order chi connectivity index (χ1) is 16.3. The van der Waals surface area contributed by atoms with E-state index in [0.717, 1.165) is 22.5 Å². The molecule has 0 spiro atoms. The molecular formula is C22H24N4O6S2. The van der Waals surface area contributed by atoms with Gasteiger partial charge >= 0.3 is 0 Å². The number of aromatic nitrogens is 1. The van der Waals surface area contributed by atoms with Crippen LogP contribution in [0.25, 0.3) is 0 Å². The predicted octanol–water partition coefficient (Wildman–Crippen LogP) is 3.17. The number of piperazine rings is 1. The van der Waals surface area contributed by atoms with Gasteiger partial charge in [0.25, 0.3) is 5.69 Å². The second kappa shape index (κ2) is 9.95. The maximum atomic E-state index is 13.0. The number of nitro groups is 1. The minimum absolute atomic E-state index is 0.0691. The Kier molecular flexibility index (Phi) is 7.00. The van der Waals surface area contributed by atoms with Crippen molar-refractivity contribution in [2.75, 3.05) is 45.3 Å². The van der Waals surface area contributed by atoms with Crippen LogP contribution in [-0.2, 0) is 16.4 Å². The van der Waals surface area contributed by atoms with Gasteiger partial charge in [-0.3, -0.25) is 10.1 Å². The van der Waals surface area contributed by atoms with Gasteiger partial charge in [0.1, 0.15) is 11.5 Å². The van der Waals surface area contributed by atoms with Crippen LogP contribution in [0.3, 0.4) is 0 Å². The van der Waals surface area contributed by atoms with Crippen LogP contribution in [0.15, 0.2) is 52.7 Å². The van der Waals surface area contributed by atoms with Crippen molar-refractivity contribution < 1.29 is 22.8 Å². The Morgan fingerprint density at radius 1 is 1.06 bits per heavy atom. The van der Waals surface area contributed by atoms with E-state index in [1.54, 1.807) is 14.2 Å². The molecule has 0 bridgehead atoms. The highest BCUT2D eigenvalue weighted by molar-refractivity contribution is 7.89. The summed E-state index contributed by atoms with van der Waals surface area (Å²) in [6.07, 6.45) is 0.616. The standard InChI is InChI=1S/C22H24N4O6S2/c1-31-19-11-16(12-20(14-19)32-2)10-17-15-33-22(23-17)24-6-8-25(9-7-24)34(29,30)21-5-3-4-18(13-21)26(27)28/h3-5,11-15H,6-10H2,1-2H3. The van der Waals surface area contributed by atoms with Crippen LogP contribution in [0, 0.1) is 10.1 Å². The molecule has 1 aliphatic rings. The highest BCUT2D eigenvalue weighted by atomic mass is 32.2. The van der Waals surface area contributed by atoms with Gasteiger partial charge in [0.15, 0.2) is 5.13 Å². The minimum Gasteiger partial charge on any atom is -0.497 e. The molecule has 0 saturated carbocycles. The van der Waals surface area contributed by atoms with Crippen molar-refractivity contribution in [1.29, 1.82) is 0 Å². The van der Waals surface area contributed by atoms with Gasteiger partial charge < -0.3 is 14.4 Å². The molecule has 180 valence electrons. The quantitative estimate of drug-likeness (QED) is 0.339. The summed E-state index contributed by atoms with van der Waals surface area (Å²) in [7, 11) is -0.592. The normalized spacial score (nSPS) is 14.7. The molecule has 10 nitrogen and oxygen atoms in total. The Bertz CT molecular complexity index is 1260. The van der Waals surface area contributed by atoms with E-state index in [-0.39, 0.29) is 23.7 Å². The molecule has 34 heavy (non-hydrogen) atoms. The van der Waals surface area contributed by atoms with Gasteiger partial charge in [0.05, 0.1) is 29.7 Å². The van der Waals surface area contributed by atoms with Crippen LogP contribution in [-0.4, -0.2) is 63.0 Å². The zero-order chi connectivity index (χ0) is 24.3. The molecule has 1 aromatic heterocycles. The number of hydrogen-bond acceptors (Lipinski definition) is 9. The van der Waals surface area contributed by atoms with Crippen LogP contribution in [0.2, 0.25) is 0 Å². The van der Waals surface area contributed by atoms with Gasteiger partial charge in [0.2, 0.25) is 10.0 Å². The topological polar surface area (TPSA) is 115 Å². The first-order valence-electron chi connectivity index (χ1n) is 10.5. The number of ether oxygens (including phenoxy) is 2. The number of anilines is 1. The Morgan fingerprint density at radius 2 is 1.74 bits per heavy atom. The molecule has 0 atom stereocenters. The number of thiazole rings is 1. The van der Waals surface area contributed by atoms with E-state index in [0.29, 0.717) is 31.0 Å². The third-order valence-corrected chi connectivity index (χ3v) is 8.36. The molecule has 0 amide bonds. The first-order valence-corrected chi connectivity index (χ1v) is 12.8. The summed E-state index contributed by atoms with van der Waals surface area (Å²) in [5.74, 6) is 1.43. The van der Waals surface area contributed by atoms with Gasteiger partial charge in [0, 0.05) is 56.2 Å². The van der Waals surface area contributed by atoms with E-state index in [9.17, 15) is 18.5 Å². The summed E-state index contributed by atoms with van der Waals surface area (Å²) < 4.78 is 38.0. The Morgan fingerprint density at radius 3 is 2.35 bits per heavy atom. The molecule has 12 heteroatoms. The second-order valence-electron chi connectivity index (χ2n) is 7.66. The van der Waals surface area contributed by atoms with Crippen LogP contribution in [0.5, 0.6) is 11.5 Å². The third kappa shape index (κ3) is 5.13. The van der Waals surface area contributed by atoms with E-state index in [4.69, 9.17) is 14.5 Å². The lowest BCUT2D eigenvalue weighted by Crippen LogP contribution is -2.48. The number of hydrogen-bond donors (Lipinski definition) is 0. The maximum absolute atomic E-state index is 13.0. The van der Waals surface area contributed by atoms with Crippen molar-refractivity contribution in [2.24, 2.45) is 0 Å². The molecule has 1 aliphatic heterocycles. The fraction of sp³-hybridized carbons (Fsp3) is 0.318. The molecule has 0 N–H and O–H groups in total. The lowest BCUT2D eigenvalue weighted by Gasteiger charge is -2.33. The number of benzene rings is 2. The van der Waals surface area contributed by atoms with Gasteiger partial charge in [-0.2, -0.15) is 4.31 Å². The van der Waals surface area contributed by atoms with Crippen LogP contribution in [0.1, 0.15) is 11.3 Å². The van der Waals surface area contributed by atoms with E-state index in [1.165, 1.54) is 33.8 Å². The van der Waals surface area contributed by atoms with Crippen LogP contribution < -0.4 is 14.4 Å². The zero-order valence-corrected chi connectivity index (χ0v) is 20.3. The highest BCUT2D eigenvalue weighted by Crippen LogP contribution is 2.28. The molecule has 2 aromatic carbocycles. The zero-order valence-electron chi connectivity index (χ0n) is 18.7. The molecule has 0 radical (unpaired) electrons. The van der Waals surface area contributed by atoms with E-state index < -0.39 is 14.9 Å². The fourth-order valence-electron chi connectivity index (χ4n) is 3.73. The van der Waals surface area contributed by atoms with Gasteiger partial charge in [-0.05, 0) is 23.8 Å². The summed E-state index contributed by atoms with van der Waals surface area (Å²) in [6, 6.07) is 10.8. The predicted molar refractivity (Wildman–Crippen MR) is 129 cm³/mol. The van der Waals surface area contributed by atoms with E-state index in [1.807, 2.05) is 23.6 Å². The summed E-state index contributed by atoms with van der Waals surface area (Å²) in [5.41, 5.74) is 1.67. The van der Waals surface area contributed by atoms with Crippen molar-refractivity contribution in [2.45, 2.75) is 11.3 Å². The number of nitro benzene ring substituents is 1. The Labute approximate surface area is 201 Å². The maximum Gasteiger partial charge on any atom is 0.270 e. The molecule has 3 aromatic rings. The Hall–Kier alpha value is -3.22. The monoisotopic (exact) mass is 504 g/mol. The van der Waals surface area contributed by atoms with Gasteiger partial charge in [-0.25, -0.2) is 13.4 Å². The number of sulfonamides is 1. The lowest BCUT2D eigenvalue weighted by atomic mass is 10.1. The summed E-state index contributed by atoms with van der Waals surface area (Å²) in [4.78, 5) is 17.1. The molecule has 0 aliphatic carbocycles. The van der Waals surface area contributed by atoms with Crippen molar-refractivity contribution in [1.82, 2.24) is 9.29 Å². The van der Waals surface area contributed by atoms with E-state index in [2.05, 4.69) is 4.90 Å². The third-order valence-electron chi connectivity index (χ3n) is 5.51. The molecule has 2 heterocycles. The average molecular weight is 505 g/mol. The lowest BCUT2D eigenvalue weighted by molar-refractivity contribution is -0.385. The first kappa shape index (κ1) is 23.9. The van der Waals surface area contributed by atoms with Crippen molar-refractivity contribution in [3.05, 3.63) is 69.2 Å². The van der Waals surface area contributed by atoms with Crippen LogP contribution in [0.4, 0.5) is 10.8 Å². The molecule has 0 unspecified atom stereocenters. The average Bonchev–Trinajstić information content (AvgIpc) is 3.32. The summed E-state index contributed by atoms with van der Waals surface area (Å²) in [5, 5.41) is 13.8. The molecule has 1 saturated heterocycles. The van der Waals surface area contributed by atoms with Crippen molar-refractivity contribution >= 4 is 32.2 Å². The number of nitrogens with zero attached hydrogens (tertiary/aromatic N) is 4. The van der Waals surface area contributed by atoms with E-state index >= 15 is 0 Å². The summed E-state index contributed by atoms with van der Waals surface area (Å²) >= 11 is 1.51. The molecular weight excluding hydrogens is 480 g/mol. The number of methoxy groups -OCH3 is 2. The molecule has 1 fully saturated rings. The van der Waals surface area contributed by atoms with Crippen LogP contribution >= 0.6 is 11.3 Å². The number of non-ortho nitro benzene ring substituents is 1. The number of rotatable bonds is 8. The van der Waals surface area contributed by atoms with Gasteiger partial charge in [-0.1, -0.05) is 6.07 Å². The SMILES string of the molecule is COc1cc(Cc2csc(N3CCN(S(=O)(=O)c4cccc([N+](=O)[O-])c4)CC3)n2)cc(OC)c1. The fourth-order valence-corrected chi connectivity index (χ4v) is 6.07. The Balaban J connectivity index is 1.42. The van der Waals surface area contributed by atoms with Gasteiger partial charge in [-0.15, -0.1) is 11.3 Å².